The molecule has 3 aliphatic rings. The second kappa shape index (κ2) is 10.7. The largest absolute Gasteiger partial charge is 0.379 e. The van der Waals surface area contributed by atoms with E-state index in [-0.39, 0.29) is 5.56 Å². The average Bonchev–Trinajstić information content (AvgIpc) is 3.38. The number of benzene rings is 1. The topological polar surface area (TPSA) is 80.4 Å². The van der Waals surface area contributed by atoms with Gasteiger partial charge in [-0.2, -0.15) is 9.50 Å². The van der Waals surface area contributed by atoms with E-state index < -0.39 is 0 Å². The maximum Gasteiger partial charge on any atom is 0.279 e. The van der Waals surface area contributed by atoms with Crippen LogP contribution in [0.25, 0.3) is 5.78 Å². The van der Waals surface area contributed by atoms with Crippen LogP contribution in [0.4, 0.5) is 5.95 Å². The highest BCUT2D eigenvalue weighted by atomic mass is 16.5. The molecule has 0 radical (unpaired) electrons. The molecule has 192 valence electrons. The van der Waals surface area contributed by atoms with Crippen LogP contribution < -0.4 is 10.5 Å². The van der Waals surface area contributed by atoms with Crippen molar-refractivity contribution >= 4 is 11.7 Å². The first-order valence-electron chi connectivity index (χ1n) is 13.2. The van der Waals surface area contributed by atoms with Gasteiger partial charge in [0.1, 0.15) is 0 Å². The van der Waals surface area contributed by atoms with Crippen LogP contribution in [0.3, 0.4) is 0 Å². The van der Waals surface area contributed by atoms with Crippen LogP contribution in [0.15, 0.2) is 35.1 Å². The van der Waals surface area contributed by atoms with Gasteiger partial charge < -0.3 is 18.9 Å². The Morgan fingerprint density at radius 2 is 1.61 bits per heavy atom. The van der Waals surface area contributed by atoms with E-state index in [0.717, 1.165) is 96.2 Å². The molecule has 2 fully saturated rings. The summed E-state index contributed by atoms with van der Waals surface area (Å²) in [6.07, 6.45) is 1.72. The highest BCUT2D eigenvalue weighted by molar-refractivity contribution is 5.43. The Morgan fingerprint density at radius 3 is 2.39 bits per heavy atom. The van der Waals surface area contributed by atoms with Crippen LogP contribution in [0, 0.1) is 0 Å². The van der Waals surface area contributed by atoms with Crippen LogP contribution in [0.5, 0.6) is 0 Å². The first kappa shape index (κ1) is 23.6. The number of rotatable bonds is 7. The summed E-state index contributed by atoms with van der Waals surface area (Å²) in [5.74, 6) is 1.28. The highest BCUT2D eigenvalue weighted by Crippen LogP contribution is 2.22. The van der Waals surface area contributed by atoms with Crippen LogP contribution in [-0.4, -0.2) is 94.7 Å². The molecular weight excluding hydrogens is 458 g/mol. The lowest BCUT2D eigenvalue weighted by molar-refractivity contribution is 0.0369. The minimum atomic E-state index is -0.0178. The lowest BCUT2D eigenvalue weighted by atomic mass is 10.0. The standard InChI is InChI=1S/C26H35N7O3/c34-24-22-7-10-30(19-21-5-2-1-3-6-21)20-23(22)32(9-4-8-29-11-15-35-16-12-29)26-27-25(28-33(24)26)31-13-17-36-18-14-31/h1-3,5-6H,4,7-20H2. The van der Waals surface area contributed by atoms with Gasteiger partial charge in [-0.05, 0) is 18.4 Å². The molecule has 10 nitrogen and oxygen atoms in total. The van der Waals surface area contributed by atoms with Crippen molar-refractivity contribution in [1.29, 1.82) is 0 Å². The Kier molecular flexibility index (Phi) is 7.00. The third-order valence-electron chi connectivity index (χ3n) is 7.50. The summed E-state index contributed by atoms with van der Waals surface area (Å²) in [6.45, 7) is 10.7. The van der Waals surface area contributed by atoms with E-state index in [0.29, 0.717) is 24.9 Å². The SMILES string of the molecule is O=c1c2c(n(CCCN3CCOCC3)c3nc(N4CCOCC4)nn13)CN(Cc1ccccc1)CC2. The lowest BCUT2D eigenvalue weighted by Gasteiger charge is -2.31. The van der Waals surface area contributed by atoms with E-state index in [9.17, 15) is 4.79 Å². The molecule has 0 saturated carbocycles. The van der Waals surface area contributed by atoms with E-state index in [4.69, 9.17) is 19.6 Å². The molecule has 0 bridgehead atoms. The fourth-order valence-corrected chi connectivity index (χ4v) is 5.52. The maximum absolute atomic E-state index is 13.6. The van der Waals surface area contributed by atoms with E-state index in [1.165, 1.54) is 5.56 Å². The van der Waals surface area contributed by atoms with Crippen molar-refractivity contribution in [2.24, 2.45) is 0 Å². The number of hydrogen-bond donors (Lipinski definition) is 0. The van der Waals surface area contributed by atoms with Gasteiger partial charge in [-0.1, -0.05) is 30.3 Å². The number of anilines is 1. The first-order valence-corrected chi connectivity index (χ1v) is 13.2. The Bertz CT molecular complexity index is 1230. The van der Waals surface area contributed by atoms with Gasteiger partial charge in [-0.3, -0.25) is 14.6 Å². The molecule has 0 amide bonds. The van der Waals surface area contributed by atoms with Gasteiger partial charge in [0.05, 0.1) is 26.4 Å². The van der Waals surface area contributed by atoms with Crippen molar-refractivity contribution in [2.75, 3.05) is 70.6 Å². The fraction of sp³-hybridized carbons (Fsp3) is 0.577. The Morgan fingerprint density at radius 1 is 0.861 bits per heavy atom. The zero-order chi connectivity index (χ0) is 24.3. The van der Waals surface area contributed by atoms with Crippen molar-refractivity contribution in [3.63, 3.8) is 0 Å². The van der Waals surface area contributed by atoms with Crippen molar-refractivity contribution in [2.45, 2.75) is 32.5 Å². The normalized spacial score (nSPS) is 19.6. The first-order chi connectivity index (χ1) is 17.8. The van der Waals surface area contributed by atoms with Gasteiger partial charge in [0, 0.05) is 70.2 Å². The molecule has 3 aliphatic heterocycles. The van der Waals surface area contributed by atoms with Crippen LogP contribution in [-0.2, 0) is 35.5 Å². The number of hydrogen-bond acceptors (Lipinski definition) is 8. The molecule has 1 aromatic carbocycles. The summed E-state index contributed by atoms with van der Waals surface area (Å²) < 4.78 is 14.8. The van der Waals surface area contributed by atoms with Gasteiger partial charge >= 0.3 is 0 Å². The van der Waals surface area contributed by atoms with Crippen molar-refractivity contribution in [3.05, 3.63) is 57.5 Å². The highest BCUT2D eigenvalue weighted by Gasteiger charge is 2.27. The van der Waals surface area contributed by atoms with E-state index in [1.54, 1.807) is 4.52 Å². The molecular formula is C26H35N7O3. The molecule has 5 heterocycles. The van der Waals surface area contributed by atoms with Crippen LogP contribution in [0.1, 0.15) is 23.2 Å². The number of morpholine rings is 2. The molecule has 3 aromatic rings. The molecule has 2 aromatic heterocycles. The Hall–Kier alpha value is -2.79. The minimum absolute atomic E-state index is 0.0178. The van der Waals surface area contributed by atoms with Crippen molar-refractivity contribution in [1.82, 2.24) is 29.0 Å². The number of aryl methyl sites for hydroxylation is 1. The molecule has 0 spiro atoms. The second-order valence-corrected chi connectivity index (χ2v) is 9.86. The predicted octanol–water partition coefficient (Wildman–Crippen LogP) is 1.01. The van der Waals surface area contributed by atoms with E-state index in [2.05, 4.69) is 49.6 Å². The number of aromatic nitrogens is 4. The summed E-state index contributed by atoms with van der Waals surface area (Å²) in [6, 6.07) is 10.6. The minimum Gasteiger partial charge on any atom is -0.379 e. The molecule has 0 unspecified atom stereocenters. The number of ether oxygens (including phenoxy) is 2. The molecule has 36 heavy (non-hydrogen) atoms. The van der Waals surface area contributed by atoms with Crippen molar-refractivity contribution in [3.8, 4) is 0 Å². The van der Waals surface area contributed by atoms with Crippen LogP contribution >= 0.6 is 0 Å². The number of fused-ring (bicyclic) bond motifs is 2. The van der Waals surface area contributed by atoms with Gasteiger partial charge in [-0.15, -0.1) is 5.10 Å². The zero-order valence-corrected chi connectivity index (χ0v) is 20.8. The summed E-state index contributed by atoms with van der Waals surface area (Å²) in [7, 11) is 0. The summed E-state index contributed by atoms with van der Waals surface area (Å²) in [5.41, 5.74) is 3.25. The molecule has 2 saturated heterocycles. The molecule has 0 aliphatic carbocycles. The smallest absolute Gasteiger partial charge is 0.279 e. The number of nitrogens with zero attached hydrogens (tertiary/aromatic N) is 7. The van der Waals surface area contributed by atoms with E-state index >= 15 is 0 Å². The molecule has 10 heteroatoms. The fourth-order valence-electron chi connectivity index (χ4n) is 5.52. The lowest BCUT2D eigenvalue weighted by Crippen LogP contribution is -2.39. The van der Waals surface area contributed by atoms with Gasteiger partial charge in [0.25, 0.3) is 5.56 Å². The molecule has 0 N–H and O–H groups in total. The monoisotopic (exact) mass is 493 g/mol. The predicted molar refractivity (Wildman–Crippen MR) is 136 cm³/mol. The Labute approximate surface area is 211 Å². The second-order valence-electron chi connectivity index (χ2n) is 9.86. The quantitative estimate of drug-likeness (QED) is 0.483. The average molecular weight is 494 g/mol. The summed E-state index contributed by atoms with van der Waals surface area (Å²) in [5, 5.41) is 4.69. The summed E-state index contributed by atoms with van der Waals surface area (Å²) >= 11 is 0. The van der Waals surface area contributed by atoms with Gasteiger partial charge in [0.2, 0.25) is 11.7 Å². The third kappa shape index (κ3) is 4.90. The molecule has 6 rings (SSSR count). The maximum atomic E-state index is 13.6. The molecule has 0 atom stereocenters. The zero-order valence-electron chi connectivity index (χ0n) is 20.8. The summed E-state index contributed by atoms with van der Waals surface area (Å²) in [4.78, 5) is 25.5. The third-order valence-corrected chi connectivity index (χ3v) is 7.50. The van der Waals surface area contributed by atoms with Gasteiger partial charge in [0.15, 0.2) is 0 Å². The van der Waals surface area contributed by atoms with Gasteiger partial charge in [-0.25, -0.2) is 0 Å². The van der Waals surface area contributed by atoms with Crippen molar-refractivity contribution < 1.29 is 9.47 Å². The van der Waals surface area contributed by atoms with Crippen LogP contribution in [0.2, 0.25) is 0 Å². The van der Waals surface area contributed by atoms with E-state index in [1.807, 2.05) is 0 Å². The Balaban J connectivity index is 1.32.